The number of imidazole rings is 1. The van der Waals surface area contributed by atoms with Gasteiger partial charge in [0.2, 0.25) is 0 Å². The van der Waals surface area contributed by atoms with Crippen molar-refractivity contribution in [2.75, 3.05) is 19.6 Å². The molecule has 4 heteroatoms. The molecule has 1 aromatic heterocycles. The van der Waals surface area contributed by atoms with Gasteiger partial charge in [-0.3, -0.25) is 0 Å². The second-order valence-electron chi connectivity index (χ2n) is 4.25. The van der Waals surface area contributed by atoms with E-state index < -0.39 is 0 Å². The molecule has 1 N–H and O–H groups in total. The minimum Gasteiger partial charge on any atom is -0.392 e. The van der Waals surface area contributed by atoms with Crippen LogP contribution in [0.25, 0.3) is 0 Å². The molecule has 1 saturated heterocycles. The quantitative estimate of drug-likeness (QED) is 0.795. The molecule has 0 bridgehead atoms. The summed E-state index contributed by atoms with van der Waals surface area (Å²) in [6.07, 6.45) is 8.78. The molecule has 0 spiro atoms. The van der Waals surface area contributed by atoms with Gasteiger partial charge >= 0.3 is 0 Å². The van der Waals surface area contributed by atoms with Gasteiger partial charge in [-0.1, -0.05) is 0 Å². The van der Waals surface area contributed by atoms with Crippen LogP contribution in [0.2, 0.25) is 0 Å². The first-order chi connectivity index (χ1) is 7.34. The summed E-state index contributed by atoms with van der Waals surface area (Å²) in [4.78, 5) is 6.36. The molecule has 1 atom stereocenters. The number of likely N-dealkylation sites (tertiary alicyclic amines) is 1. The van der Waals surface area contributed by atoms with Gasteiger partial charge in [-0.05, 0) is 32.4 Å². The number of piperidine rings is 1. The second-order valence-corrected chi connectivity index (χ2v) is 4.25. The molecule has 15 heavy (non-hydrogen) atoms. The molecule has 0 amide bonds. The number of β-amino-alcohol motifs (C(OH)–C–C–N with tert-alkyl or cyclic N) is 1. The fraction of sp³-hybridized carbons (Fsp3) is 0.727. The Balaban J connectivity index is 1.65. The molecular weight excluding hydrogens is 190 g/mol. The highest BCUT2D eigenvalue weighted by Crippen LogP contribution is 2.09. The standard InChI is InChI=1S/C11H19N3O/c15-11-3-1-5-13(9-11)6-2-7-14-8-4-12-10-14/h4,8,10-11,15H,1-3,5-7,9H2. The molecule has 4 nitrogen and oxygen atoms in total. The SMILES string of the molecule is OC1CCCN(CCCn2ccnc2)C1. The van der Waals surface area contributed by atoms with Crippen molar-refractivity contribution < 1.29 is 5.11 Å². The monoisotopic (exact) mass is 209 g/mol. The van der Waals surface area contributed by atoms with Crippen LogP contribution in [0.15, 0.2) is 18.7 Å². The lowest BCUT2D eigenvalue weighted by Gasteiger charge is -2.29. The lowest BCUT2D eigenvalue weighted by molar-refractivity contribution is 0.0695. The van der Waals surface area contributed by atoms with Crippen molar-refractivity contribution in [3.05, 3.63) is 18.7 Å². The maximum absolute atomic E-state index is 9.51. The van der Waals surface area contributed by atoms with E-state index in [4.69, 9.17) is 0 Å². The van der Waals surface area contributed by atoms with Gasteiger partial charge in [0.1, 0.15) is 0 Å². The molecule has 84 valence electrons. The van der Waals surface area contributed by atoms with Crippen LogP contribution in [0.3, 0.4) is 0 Å². The Hall–Kier alpha value is -0.870. The molecule has 0 saturated carbocycles. The van der Waals surface area contributed by atoms with Crippen molar-refractivity contribution in [1.29, 1.82) is 0 Å². The van der Waals surface area contributed by atoms with E-state index in [1.807, 2.05) is 18.7 Å². The van der Waals surface area contributed by atoms with Crippen LogP contribution in [0.1, 0.15) is 19.3 Å². The van der Waals surface area contributed by atoms with Gasteiger partial charge in [-0.15, -0.1) is 0 Å². The highest BCUT2D eigenvalue weighted by molar-refractivity contribution is 4.75. The van der Waals surface area contributed by atoms with Gasteiger partial charge in [0.15, 0.2) is 0 Å². The van der Waals surface area contributed by atoms with Crippen LogP contribution >= 0.6 is 0 Å². The van der Waals surface area contributed by atoms with Crippen molar-refractivity contribution in [3.63, 3.8) is 0 Å². The van der Waals surface area contributed by atoms with E-state index in [9.17, 15) is 5.11 Å². The molecule has 2 rings (SSSR count). The average Bonchev–Trinajstić information content (AvgIpc) is 2.71. The number of aromatic nitrogens is 2. The van der Waals surface area contributed by atoms with Gasteiger partial charge in [0.25, 0.3) is 0 Å². The van der Waals surface area contributed by atoms with Crippen LogP contribution in [-0.2, 0) is 6.54 Å². The molecule has 1 unspecified atom stereocenters. The number of aryl methyl sites for hydroxylation is 1. The van der Waals surface area contributed by atoms with Gasteiger partial charge in [0, 0.05) is 25.5 Å². The Kier molecular flexibility index (Phi) is 3.75. The minimum atomic E-state index is -0.105. The fourth-order valence-electron chi connectivity index (χ4n) is 2.13. The molecule has 2 heterocycles. The summed E-state index contributed by atoms with van der Waals surface area (Å²) in [5.74, 6) is 0. The first kappa shape index (κ1) is 10.6. The lowest BCUT2D eigenvalue weighted by Crippen LogP contribution is -2.38. The van der Waals surface area contributed by atoms with Crippen molar-refractivity contribution in [3.8, 4) is 0 Å². The third kappa shape index (κ3) is 3.32. The maximum Gasteiger partial charge on any atom is 0.0945 e. The van der Waals surface area contributed by atoms with E-state index in [2.05, 4.69) is 14.5 Å². The average molecular weight is 209 g/mol. The first-order valence-electron chi connectivity index (χ1n) is 5.71. The van der Waals surface area contributed by atoms with E-state index >= 15 is 0 Å². The summed E-state index contributed by atoms with van der Waals surface area (Å²) >= 11 is 0. The normalized spacial score (nSPS) is 23.1. The number of aliphatic hydroxyl groups excluding tert-OH is 1. The number of hydrogen-bond acceptors (Lipinski definition) is 3. The predicted molar refractivity (Wildman–Crippen MR) is 58.5 cm³/mol. The number of hydrogen-bond donors (Lipinski definition) is 1. The molecule has 0 aliphatic carbocycles. The fourth-order valence-corrected chi connectivity index (χ4v) is 2.13. The highest BCUT2D eigenvalue weighted by Gasteiger charge is 2.16. The Morgan fingerprint density at radius 3 is 3.07 bits per heavy atom. The van der Waals surface area contributed by atoms with E-state index in [1.54, 1.807) is 0 Å². The number of aliphatic hydroxyl groups is 1. The smallest absolute Gasteiger partial charge is 0.0945 e. The van der Waals surface area contributed by atoms with Crippen molar-refractivity contribution in [2.24, 2.45) is 0 Å². The Labute approximate surface area is 90.5 Å². The molecule has 1 aromatic rings. The van der Waals surface area contributed by atoms with Crippen LogP contribution in [-0.4, -0.2) is 45.3 Å². The molecule has 1 aliphatic rings. The van der Waals surface area contributed by atoms with Crippen molar-refractivity contribution in [2.45, 2.75) is 31.9 Å². The molecule has 1 aliphatic heterocycles. The number of rotatable bonds is 4. The highest BCUT2D eigenvalue weighted by atomic mass is 16.3. The topological polar surface area (TPSA) is 41.3 Å². The summed E-state index contributed by atoms with van der Waals surface area (Å²) in [5.41, 5.74) is 0. The zero-order chi connectivity index (χ0) is 10.5. The van der Waals surface area contributed by atoms with E-state index in [-0.39, 0.29) is 6.10 Å². The Morgan fingerprint density at radius 1 is 1.40 bits per heavy atom. The van der Waals surface area contributed by atoms with E-state index in [0.717, 1.165) is 45.4 Å². The lowest BCUT2D eigenvalue weighted by atomic mass is 10.1. The third-order valence-electron chi connectivity index (χ3n) is 2.93. The summed E-state index contributed by atoms with van der Waals surface area (Å²) in [6.45, 7) is 4.09. The van der Waals surface area contributed by atoms with E-state index in [0.29, 0.717) is 0 Å². The minimum absolute atomic E-state index is 0.105. The van der Waals surface area contributed by atoms with Gasteiger partial charge < -0.3 is 14.6 Å². The number of nitrogens with zero attached hydrogens (tertiary/aromatic N) is 3. The maximum atomic E-state index is 9.51. The van der Waals surface area contributed by atoms with Crippen molar-refractivity contribution in [1.82, 2.24) is 14.5 Å². The molecule has 0 radical (unpaired) electrons. The van der Waals surface area contributed by atoms with Gasteiger partial charge in [0.05, 0.1) is 12.4 Å². The van der Waals surface area contributed by atoms with Crippen LogP contribution in [0.5, 0.6) is 0 Å². The Bertz CT molecular complexity index is 273. The summed E-state index contributed by atoms with van der Waals surface area (Å²) < 4.78 is 2.10. The van der Waals surface area contributed by atoms with Crippen molar-refractivity contribution >= 4 is 0 Å². The Morgan fingerprint density at radius 2 is 2.33 bits per heavy atom. The zero-order valence-electron chi connectivity index (χ0n) is 9.05. The van der Waals surface area contributed by atoms with Gasteiger partial charge in [-0.2, -0.15) is 0 Å². The van der Waals surface area contributed by atoms with Gasteiger partial charge in [-0.25, -0.2) is 4.98 Å². The van der Waals surface area contributed by atoms with E-state index in [1.165, 1.54) is 0 Å². The largest absolute Gasteiger partial charge is 0.392 e. The molecule has 0 aromatic carbocycles. The van der Waals surface area contributed by atoms with Crippen LogP contribution in [0.4, 0.5) is 0 Å². The van der Waals surface area contributed by atoms with Crippen LogP contribution < -0.4 is 0 Å². The van der Waals surface area contributed by atoms with Crippen LogP contribution in [0, 0.1) is 0 Å². The zero-order valence-corrected chi connectivity index (χ0v) is 9.05. The molecular formula is C11H19N3O. The molecule has 1 fully saturated rings. The predicted octanol–water partition coefficient (Wildman–Crippen LogP) is 0.730. The second kappa shape index (κ2) is 5.28. The summed E-state index contributed by atoms with van der Waals surface area (Å²) in [5, 5.41) is 9.51. The summed E-state index contributed by atoms with van der Waals surface area (Å²) in [7, 11) is 0. The first-order valence-corrected chi connectivity index (χ1v) is 5.71. The summed E-state index contributed by atoms with van der Waals surface area (Å²) in [6, 6.07) is 0. The third-order valence-corrected chi connectivity index (χ3v) is 2.93.